The summed E-state index contributed by atoms with van der Waals surface area (Å²) in [5.74, 6) is 0.720. The highest BCUT2D eigenvalue weighted by molar-refractivity contribution is 7.85. The van der Waals surface area contributed by atoms with Crippen molar-refractivity contribution in [2.75, 3.05) is 5.75 Å². The van der Waals surface area contributed by atoms with Crippen LogP contribution in [0.5, 0.6) is 0 Å². The van der Waals surface area contributed by atoms with Crippen LogP contribution in [0.15, 0.2) is 23.1 Å². The number of hydrogen-bond donors (Lipinski definition) is 1. The third-order valence-electron chi connectivity index (χ3n) is 3.02. The second-order valence-electron chi connectivity index (χ2n) is 4.63. The summed E-state index contributed by atoms with van der Waals surface area (Å²) in [5, 5.41) is 0. The fourth-order valence-corrected chi connectivity index (χ4v) is 3.14. The van der Waals surface area contributed by atoms with Crippen molar-refractivity contribution in [3.63, 3.8) is 0 Å². The molecular formula is C14H23NOS. The van der Waals surface area contributed by atoms with E-state index in [9.17, 15) is 4.21 Å². The molecule has 0 bridgehead atoms. The number of benzene rings is 1. The van der Waals surface area contributed by atoms with Crippen LogP contribution in [0.1, 0.15) is 37.3 Å². The third kappa shape index (κ3) is 4.60. The second-order valence-corrected chi connectivity index (χ2v) is 6.17. The molecule has 0 radical (unpaired) electrons. The van der Waals surface area contributed by atoms with E-state index in [4.69, 9.17) is 5.73 Å². The number of hydrogen-bond acceptors (Lipinski definition) is 2. The number of rotatable bonds is 6. The zero-order valence-electron chi connectivity index (χ0n) is 11.0. The van der Waals surface area contributed by atoms with Gasteiger partial charge in [0.2, 0.25) is 0 Å². The van der Waals surface area contributed by atoms with Crippen LogP contribution in [0.4, 0.5) is 0 Å². The molecule has 2 nitrogen and oxygen atoms in total. The summed E-state index contributed by atoms with van der Waals surface area (Å²) in [6, 6.07) is 6.39. The van der Waals surface area contributed by atoms with Crippen LogP contribution < -0.4 is 5.73 Å². The summed E-state index contributed by atoms with van der Waals surface area (Å²) in [5.41, 5.74) is 8.14. The van der Waals surface area contributed by atoms with Gasteiger partial charge in [-0.2, -0.15) is 0 Å². The van der Waals surface area contributed by atoms with Crippen LogP contribution in [-0.4, -0.2) is 16.0 Å². The predicted octanol–water partition coefficient (Wildman–Crippen LogP) is 2.93. The predicted molar refractivity (Wildman–Crippen MR) is 74.7 cm³/mol. The van der Waals surface area contributed by atoms with Gasteiger partial charge in [0, 0.05) is 16.7 Å². The Bertz CT molecular complexity index is 390. The van der Waals surface area contributed by atoms with Crippen LogP contribution in [0.25, 0.3) is 0 Å². The van der Waals surface area contributed by atoms with Crippen LogP contribution >= 0.6 is 0 Å². The molecule has 1 rings (SSSR count). The van der Waals surface area contributed by atoms with E-state index in [1.54, 1.807) is 0 Å². The largest absolute Gasteiger partial charge is 0.328 e. The summed E-state index contributed by atoms with van der Waals surface area (Å²) < 4.78 is 12.2. The molecule has 2 unspecified atom stereocenters. The lowest BCUT2D eigenvalue weighted by atomic mass is 10.1. The molecule has 0 aliphatic heterocycles. The first-order valence-corrected chi connectivity index (χ1v) is 7.57. The van der Waals surface area contributed by atoms with Gasteiger partial charge in [-0.15, -0.1) is 0 Å². The molecule has 0 aliphatic rings. The quantitative estimate of drug-likeness (QED) is 0.847. The van der Waals surface area contributed by atoms with Crippen LogP contribution in [0, 0.1) is 13.8 Å². The second kappa shape index (κ2) is 6.92. The maximum Gasteiger partial charge on any atom is 0.0532 e. The highest BCUT2D eigenvalue weighted by atomic mass is 32.2. The molecule has 0 aromatic heterocycles. The van der Waals surface area contributed by atoms with E-state index in [0.717, 1.165) is 35.5 Å². The summed E-state index contributed by atoms with van der Waals surface area (Å²) in [7, 11) is -0.879. The Kier molecular flexibility index (Phi) is 5.86. The molecular weight excluding hydrogens is 230 g/mol. The van der Waals surface area contributed by atoms with E-state index in [1.165, 1.54) is 5.56 Å². The maximum absolute atomic E-state index is 12.2. The molecule has 0 aliphatic carbocycles. The molecule has 1 aromatic carbocycles. The molecule has 0 fully saturated rings. The Morgan fingerprint density at radius 1 is 1.35 bits per heavy atom. The van der Waals surface area contributed by atoms with Crippen LogP contribution in [0.2, 0.25) is 0 Å². The first kappa shape index (κ1) is 14.4. The molecule has 0 saturated heterocycles. The fraction of sp³-hybridized carbons (Fsp3) is 0.571. The molecule has 2 atom stereocenters. The van der Waals surface area contributed by atoms with Crippen molar-refractivity contribution in [1.82, 2.24) is 0 Å². The topological polar surface area (TPSA) is 43.1 Å². The zero-order valence-corrected chi connectivity index (χ0v) is 11.8. The van der Waals surface area contributed by atoms with Gasteiger partial charge >= 0.3 is 0 Å². The summed E-state index contributed by atoms with van der Waals surface area (Å²) in [4.78, 5) is 0.982. The Hall–Kier alpha value is -0.670. The van der Waals surface area contributed by atoms with Crippen molar-refractivity contribution >= 4 is 10.8 Å². The van der Waals surface area contributed by atoms with E-state index in [0.29, 0.717) is 0 Å². The van der Waals surface area contributed by atoms with Gasteiger partial charge in [-0.1, -0.05) is 19.1 Å². The average Bonchev–Trinajstić information content (AvgIpc) is 2.31. The monoisotopic (exact) mass is 253 g/mol. The molecule has 0 heterocycles. The van der Waals surface area contributed by atoms with Crippen LogP contribution in [-0.2, 0) is 10.8 Å². The lowest BCUT2D eigenvalue weighted by Crippen LogP contribution is -2.19. The Labute approximate surface area is 107 Å². The third-order valence-corrected chi connectivity index (χ3v) is 4.61. The maximum atomic E-state index is 12.2. The molecule has 2 N–H and O–H groups in total. The lowest BCUT2D eigenvalue weighted by molar-refractivity contribution is 0.586. The van der Waals surface area contributed by atoms with Crippen molar-refractivity contribution < 1.29 is 4.21 Å². The van der Waals surface area contributed by atoms with Crippen molar-refractivity contribution in [3.05, 3.63) is 29.3 Å². The molecule has 17 heavy (non-hydrogen) atoms. The van der Waals surface area contributed by atoms with Gasteiger partial charge in [-0.25, -0.2) is 0 Å². The highest BCUT2D eigenvalue weighted by Crippen LogP contribution is 2.16. The summed E-state index contributed by atoms with van der Waals surface area (Å²) in [6.45, 7) is 6.14. The molecule has 96 valence electrons. The van der Waals surface area contributed by atoms with Gasteiger partial charge in [0.05, 0.1) is 10.8 Å². The van der Waals surface area contributed by atoms with Crippen molar-refractivity contribution in [2.24, 2.45) is 5.73 Å². The lowest BCUT2D eigenvalue weighted by Gasteiger charge is -2.09. The minimum atomic E-state index is -0.879. The normalized spacial score (nSPS) is 14.6. The van der Waals surface area contributed by atoms with E-state index in [-0.39, 0.29) is 6.04 Å². The van der Waals surface area contributed by atoms with Crippen molar-refractivity contribution in [2.45, 2.75) is 51.0 Å². The van der Waals surface area contributed by atoms with E-state index >= 15 is 0 Å². The Morgan fingerprint density at radius 3 is 2.71 bits per heavy atom. The molecule has 1 aromatic rings. The SMILES string of the molecule is CCC(N)CCCS(=O)c1cc(C)ccc1C. The highest BCUT2D eigenvalue weighted by Gasteiger charge is 2.08. The Balaban J connectivity index is 2.55. The smallest absolute Gasteiger partial charge is 0.0532 e. The first-order valence-electron chi connectivity index (χ1n) is 6.25. The van der Waals surface area contributed by atoms with Gasteiger partial charge in [-0.3, -0.25) is 4.21 Å². The molecule has 0 spiro atoms. The van der Waals surface area contributed by atoms with Crippen molar-refractivity contribution in [1.29, 1.82) is 0 Å². The molecule has 0 saturated carbocycles. The summed E-state index contributed by atoms with van der Waals surface area (Å²) in [6.07, 6.45) is 2.90. The van der Waals surface area contributed by atoms with Crippen molar-refractivity contribution in [3.8, 4) is 0 Å². The fourth-order valence-electron chi connectivity index (χ4n) is 1.74. The minimum Gasteiger partial charge on any atom is -0.328 e. The molecule has 3 heteroatoms. The van der Waals surface area contributed by atoms with Gasteiger partial charge in [-0.05, 0) is 50.3 Å². The number of nitrogens with two attached hydrogens (primary N) is 1. The zero-order chi connectivity index (χ0) is 12.8. The molecule has 0 amide bonds. The van der Waals surface area contributed by atoms with Gasteiger partial charge in [0.25, 0.3) is 0 Å². The minimum absolute atomic E-state index is 0.255. The van der Waals surface area contributed by atoms with Crippen LogP contribution in [0.3, 0.4) is 0 Å². The standard InChI is InChI=1S/C14H23NOS/c1-4-13(15)6-5-9-17(16)14-10-11(2)7-8-12(14)3/h7-8,10,13H,4-6,9,15H2,1-3H3. The average molecular weight is 253 g/mol. The summed E-state index contributed by atoms with van der Waals surface area (Å²) >= 11 is 0. The van der Waals surface area contributed by atoms with E-state index in [1.807, 2.05) is 26.0 Å². The van der Waals surface area contributed by atoms with E-state index in [2.05, 4.69) is 13.0 Å². The number of aryl methyl sites for hydroxylation is 2. The van der Waals surface area contributed by atoms with Gasteiger partial charge in [0.1, 0.15) is 0 Å². The van der Waals surface area contributed by atoms with Gasteiger partial charge < -0.3 is 5.73 Å². The Morgan fingerprint density at radius 2 is 2.06 bits per heavy atom. The van der Waals surface area contributed by atoms with E-state index < -0.39 is 10.8 Å². The first-order chi connectivity index (χ1) is 8.04. The van der Waals surface area contributed by atoms with Gasteiger partial charge in [0.15, 0.2) is 0 Å².